The summed E-state index contributed by atoms with van der Waals surface area (Å²) in [6.45, 7) is 9.02. The van der Waals surface area contributed by atoms with Crippen LogP contribution in [0.2, 0.25) is 0 Å². The van der Waals surface area contributed by atoms with Gasteiger partial charge in [0.2, 0.25) is 11.8 Å². The van der Waals surface area contributed by atoms with Crippen molar-refractivity contribution in [3.8, 4) is 0 Å². The molecule has 1 N–H and O–H groups in total. The number of ether oxygens (including phenoxy) is 1. The first-order valence-corrected chi connectivity index (χ1v) is 9.05. The van der Waals surface area contributed by atoms with Crippen LogP contribution in [0.5, 0.6) is 0 Å². The monoisotopic (exact) mass is 350 g/mol. The predicted octanol–water partition coefficient (Wildman–Crippen LogP) is 1.06. The minimum atomic E-state index is -0.00727. The second-order valence-corrected chi connectivity index (χ2v) is 6.59. The summed E-state index contributed by atoms with van der Waals surface area (Å²) >= 11 is 0. The SMILES string of the molecule is CCn1nc(C)c(CCNC(=O)C2CCN(C(=O)COC)CC2)c1C. The fraction of sp³-hybridized carbons (Fsp3) is 0.722. The second kappa shape index (κ2) is 8.99. The van der Waals surface area contributed by atoms with Crippen LogP contribution in [0.3, 0.4) is 0 Å². The van der Waals surface area contributed by atoms with Crippen molar-refractivity contribution in [3.05, 3.63) is 17.0 Å². The highest BCUT2D eigenvalue weighted by Crippen LogP contribution is 2.18. The highest BCUT2D eigenvalue weighted by molar-refractivity contribution is 5.80. The summed E-state index contributed by atoms with van der Waals surface area (Å²) in [4.78, 5) is 25.9. The van der Waals surface area contributed by atoms with Crippen molar-refractivity contribution in [3.63, 3.8) is 0 Å². The van der Waals surface area contributed by atoms with Gasteiger partial charge < -0.3 is 15.0 Å². The van der Waals surface area contributed by atoms with Gasteiger partial charge in [-0.15, -0.1) is 0 Å². The van der Waals surface area contributed by atoms with Gasteiger partial charge in [-0.2, -0.15) is 5.10 Å². The van der Waals surface area contributed by atoms with Crippen LogP contribution in [-0.4, -0.2) is 59.8 Å². The molecule has 2 amide bonds. The van der Waals surface area contributed by atoms with E-state index in [4.69, 9.17) is 4.74 Å². The average Bonchev–Trinajstić information content (AvgIpc) is 2.89. The maximum Gasteiger partial charge on any atom is 0.248 e. The first-order chi connectivity index (χ1) is 12.0. The van der Waals surface area contributed by atoms with Crippen molar-refractivity contribution in [1.29, 1.82) is 0 Å². The molecule has 25 heavy (non-hydrogen) atoms. The molecule has 2 rings (SSSR count). The number of nitrogens with zero attached hydrogens (tertiary/aromatic N) is 3. The molecule has 1 aromatic rings. The van der Waals surface area contributed by atoms with Gasteiger partial charge in [0.05, 0.1) is 5.69 Å². The molecule has 0 atom stereocenters. The average molecular weight is 350 g/mol. The lowest BCUT2D eigenvalue weighted by molar-refractivity contribution is -0.138. The summed E-state index contributed by atoms with van der Waals surface area (Å²) in [6.07, 6.45) is 2.23. The third-order valence-electron chi connectivity index (χ3n) is 4.99. The minimum absolute atomic E-state index is 0.000227. The molecule has 0 bridgehead atoms. The van der Waals surface area contributed by atoms with Crippen LogP contribution in [0.15, 0.2) is 0 Å². The zero-order valence-corrected chi connectivity index (χ0v) is 15.8. The second-order valence-electron chi connectivity index (χ2n) is 6.59. The van der Waals surface area contributed by atoms with Crippen molar-refractivity contribution in [2.75, 3.05) is 33.4 Å². The molecule has 1 aliphatic rings. The van der Waals surface area contributed by atoms with Crippen molar-refractivity contribution in [1.82, 2.24) is 20.0 Å². The molecule has 0 spiro atoms. The molecule has 140 valence electrons. The molecule has 1 aliphatic heterocycles. The van der Waals surface area contributed by atoms with Gasteiger partial charge in [0, 0.05) is 44.9 Å². The highest BCUT2D eigenvalue weighted by Gasteiger charge is 2.27. The Morgan fingerprint density at radius 2 is 1.96 bits per heavy atom. The number of carbonyl (C=O) groups is 2. The van der Waals surface area contributed by atoms with Crippen LogP contribution >= 0.6 is 0 Å². The molecule has 7 heteroatoms. The number of rotatable bonds is 7. The van der Waals surface area contributed by atoms with Crippen molar-refractivity contribution >= 4 is 11.8 Å². The molecule has 0 saturated carbocycles. The van der Waals surface area contributed by atoms with Gasteiger partial charge >= 0.3 is 0 Å². The fourth-order valence-electron chi connectivity index (χ4n) is 3.46. The number of aryl methyl sites for hydroxylation is 2. The zero-order chi connectivity index (χ0) is 18.4. The molecule has 1 saturated heterocycles. The minimum Gasteiger partial charge on any atom is -0.375 e. The first-order valence-electron chi connectivity index (χ1n) is 9.05. The fourth-order valence-corrected chi connectivity index (χ4v) is 3.46. The van der Waals surface area contributed by atoms with Gasteiger partial charge in [-0.1, -0.05) is 0 Å². The van der Waals surface area contributed by atoms with Gasteiger partial charge in [-0.3, -0.25) is 14.3 Å². The van der Waals surface area contributed by atoms with Crippen molar-refractivity contribution < 1.29 is 14.3 Å². The molecular formula is C18H30N4O3. The largest absolute Gasteiger partial charge is 0.375 e. The van der Waals surface area contributed by atoms with Gasteiger partial charge in [0.1, 0.15) is 6.61 Å². The van der Waals surface area contributed by atoms with Gasteiger partial charge in [0.15, 0.2) is 0 Å². The lowest BCUT2D eigenvalue weighted by Gasteiger charge is -2.31. The Kier molecular flexibility index (Phi) is 6.99. The summed E-state index contributed by atoms with van der Waals surface area (Å²) in [5.74, 6) is 0.0874. The number of likely N-dealkylation sites (tertiary alicyclic amines) is 1. The number of hydrogen-bond donors (Lipinski definition) is 1. The Bertz CT molecular complexity index is 604. The summed E-state index contributed by atoms with van der Waals surface area (Å²) in [5.41, 5.74) is 3.44. The van der Waals surface area contributed by atoms with E-state index in [-0.39, 0.29) is 24.3 Å². The Balaban J connectivity index is 1.76. The Labute approximate surface area is 149 Å². The Morgan fingerprint density at radius 3 is 2.52 bits per heavy atom. The molecule has 7 nitrogen and oxygen atoms in total. The third kappa shape index (κ3) is 4.81. The van der Waals surface area contributed by atoms with E-state index in [2.05, 4.69) is 24.3 Å². The van der Waals surface area contributed by atoms with Crippen LogP contribution in [-0.2, 0) is 27.3 Å². The third-order valence-corrected chi connectivity index (χ3v) is 4.99. The van der Waals surface area contributed by atoms with Crippen LogP contribution in [0.1, 0.15) is 36.7 Å². The first kappa shape index (κ1) is 19.4. The number of nitrogens with one attached hydrogen (secondary N) is 1. The Morgan fingerprint density at radius 1 is 1.28 bits per heavy atom. The van der Waals surface area contributed by atoms with Crippen LogP contribution in [0, 0.1) is 19.8 Å². The number of carbonyl (C=O) groups excluding carboxylic acids is 2. The van der Waals surface area contributed by atoms with Gasteiger partial charge in [-0.05, 0) is 45.6 Å². The van der Waals surface area contributed by atoms with Crippen molar-refractivity contribution in [2.24, 2.45) is 5.92 Å². The molecule has 1 aromatic heterocycles. The molecule has 1 fully saturated rings. The number of methoxy groups -OCH3 is 1. The quantitative estimate of drug-likeness (QED) is 0.798. The zero-order valence-electron chi connectivity index (χ0n) is 15.8. The van der Waals surface area contributed by atoms with E-state index in [1.807, 2.05) is 11.6 Å². The van der Waals surface area contributed by atoms with Gasteiger partial charge in [0.25, 0.3) is 0 Å². The number of amides is 2. The van der Waals surface area contributed by atoms with E-state index in [9.17, 15) is 9.59 Å². The summed E-state index contributed by atoms with van der Waals surface area (Å²) in [6, 6.07) is 0. The van der Waals surface area contributed by atoms with Crippen LogP contribution < -0.4 is 5.32 Å². The number of hydrogen-bond acceptors (Lipinski definition) is 4. The van der Waals surface area contributed by atoms with E-state index in [0.717, 1.165) is 18.7 Å². The predicted molar refractivity (Wildman–Crippen MR) is 95.3 cm³/mol. The molecule has 2 heterocycles. The smallest absolute Gasteiger partial charge is 0.248 e. The maximum atomic E-state index is 12.4. The van der Waals surface area contributed by atoms with Crippen molar-refractivity contribution in [2.45, 2.75) is 46.6 Å². The molecule has 0 radical (unpaired) electrons. The number of piperidine rings is 1. The number of aromatic nitrogens is 2. The maximum absolute atomic E-state index is 12.4. The Hall–Kier alpha value is -1.89. The van der Waals surface area contributed by atoms with Gasteiger partial charge in [-0.25, -0.2) is 0 Å². The lowest BCUT2D eigenvalue weighted by atomic mass is 9.95. The van der Waals surface area contributed by atoms with E-state index < -0.39 is 0 Å². The topological polar surface area (TPSA) is 76.5 Å². The van der Waals surface area contributed by atoms with Crippen LogP contribution in [0.25, 0.3) is 0 Å². The van der Waals surface area contributed by atoms with E-state index in [1.54, 1.807) is 4.90 Å². The summed E-state index contributed by atoms with van der Waals surface area (Å²) in [5, 5.41) is 7.56. The van der Waals surface area contributed by atoms with E-state index in [1.165, 1.54) is 18.4 Å². The summed E-state index contributed by atoms with van der Waals surface area (Å²) < 4.78 is 6.88. The van der Waals surface area contributed by atoms with E-state index >= 15 is 0 Å². The lowest BCUT2D eigenvalue weighted by Crippen LogP contribution is -2.44. The molecule has 0 aliphatic carbocycles. The van der Waals surface area contributed by atoms with Crippen LogP contribution in [0.4, 0.5) is 0 Å². The molecule has 0 aromatic carbocycles. The molecular weight excluding hydrogens is 320 g/mol. The highest BCUT2D eigenvalue weighted by atomic mass is 16.5. The van der Waals surface area contributed by atoms with E-state index in [0.29, 0.717) is 32.5 Å². The molecule has 0 unspecified atom stereocenters. The standard InChI is InChI=1S/C18H30N4O3/c1-5-22-14(3)16(13(2)20-22)6-9-19-18(24)15-7-10-21(11-8-15)17(23)12-25-4/h15H,5-12H2,1-4H3,(H,19,24). The normalized spacial score (nSPS) is 15.4. The summed E-state index contributed by atoms with van der Waals surface area (Å²) in [7, 11) is 1.52.